The first-order valence-corrected chi connectivity index (χ1v) is 8.11. The van der Waals surface area contributed by atoms with Gasteiger partial charge in [-0.3, -0.25) is 0 Å². The molecule has 112 valence electrons. The summed E-state index contributed by atoms with van der Waals surface area (Å²) in [6, 6.07) is 16.8. The molecule has 2 aromatic rings. The minimum absolute atomic E-state index is 0.345. The summed E-state index contributed by atoms with van der Waals surface area (Å²) in [5, 5.41) is 4.30. The molecule has 2 rings (SSSR count). The van der Waals surface area contributed by atoms with Gasteiger partial charge in [0.25, 0.3) is 0 Å². The summed E-state index contributed by atoms with van der Waals surface area (Å²) in [7, 11) is 4.21. The van der Waals surface area contributed by atoms with Crippen LogP contribution >= 0.6 is 27.5 Å². The summed E-state index contributed by atoms with van der Waals surface area (Å²) in [6.07, 6.45) is 0. The molecule has 0 aliphatic carbocycles. The largest absolute Gasteiger partial charge is 0.311 e. The maximum Gasteiger partial charge on any atom is 0.0466 e. The second-order valence-corrected chi connectivity index (χ2v) is 6.58. The van der Waals surface area contributed by atoms with Crippen LogP contribution in [-0.2, 0) is 6.54 Å². The van der Waals surface area contributed by atoms with Crippen molar-refractivity contribution in [1.82, 2.24) is 10.2 Å². The standard InChI is InChI=1S/C17H20BrClN2/c1-21(2)17(13-6-4-3-5-7-13)12-20-11-14-10-15(18)8-9-16(14)19/h3-10,17,20H,11-12H2,1-2H3. The molecule has 0 aliphatic heterocycles. The molecule has 0 bridgehead atoms. The van der Waals surface area contributed by atoms with Crippen molar-refractivity contribution in [2.75, 3.05) is 20.6 Å². The number of nitrogens with one attached hydrogen (secondary N) is 1. The normalized spacial score (nSPS) is 12.6. The van der Waals surface area contributed by atoms with Gasteiger partial charge in [0, 0.05) is 28.6 Å². The molecule has 1 atom stereocenters. The van der Waals surface area contributed by atoms with Crippen molar-refractivity contribution in [1.29, 1.82) is 0 Å². The van der Waals surface area contributed by atoms with E-state index in [1.165, 1.54) is 5.56 Å². The van der Waals surface area contributed by atoms with E-state index in [9.17, 15) is 0 Å². The van der Waals surface area contributed by atoms with E-state index in [0.29, 0.717) is 6.04 Å². The van der Waals surface area contributed by atoms with Crippen LogP contribution in [0.1, 0.15) is 17.2 Å². The maximum absolute atomic E-state index is 6.22. The van der Waals surface area contributed by atoms with Crippen LogP contribution in [0.5, 0.6) is 0 Å². The van der Waals surface area contributed by atoms with E-state index in [0.717, 1.165) is 28.1 Å². The number of likely N-dealkylation sites (N-methyl/N-ethyl adjacent to an activating group) is 1. The van der Waals surface area contributed by atoms with E-state index in [1.807, 2.05) is 18.2 Å². The fraction of sp³-hybridized carbons (Fsp3) is 0.294. The monoisotopic (exact) mass is 366 g/mol. The minimum atomic E-state index is 0.345. The Balaban J connectivity index is 1.98. The summed E-state index contributed by atoms with van der Waals surface area (Å²) in [4.78, 5) is 2.23. The van der Waals surface area contributed by atoms with E-state index in [1.54, 1.807) is 0 Å². The van der Waals surface area contributed by atoms with Crippen LogP contribution in [0.4, 0.5) is 0 Å². The Labute approximate surface area is 140 Å². The Morgan fingerprint density at radius 3 is 2.52 bits per heavy atom. The third kappa shape index (κ3) is 4.82. The van der Waals surface area contributed by atoms with Crippen LogP contribution in [-0.4, -0.2) is 25.5 Å². The Kier molecular flexibility index (Phi) is 6.24. The molecule has 2 nitrogen and oxygen atoms in total. The number of hydrogen-bond acceptors (Lipinski definition) is 2. The quantitative estimate of drug-likeness (QED) is 0.809. The fourth-order valence-electron chi connectivity index (χ4n) is 2.30. The molecule has 0 saturated carbocycles. The van der Waals surface area contributed by atoms with Crippen molar-refractivity contribution in [3.63, 3.8) is 0 Å². The van der Waals surface area contributed by atoms with Gasteiger partial charge >= 0.3 is 0 Å². The number of nitrogens with zero attached hydrogens (tertiary/aromatic N) is 1. The minimum Gasteiger partial charge on any atom is -0.311 e. The van der Waals surface area contributed by atoms with Gasteiger partial charge in [-0.2, -0.15) is 0 Å². The summed E-state index contributed by atoms with van der Waals surface area (Å²) in [6.45, 7) is 1.63. The highest BCUT2D eigenvalue weighted by atomic mass is 79.9. The molecule has 0 heterocycles. The lowest BCUT2D eigenvalue weighted by Gasteiger charge is -2.25. The van der Waals surface area contributed by atoms with E-state index < -0.39 is 0 Å². The first-order valence-electron chi connectivity index (χ1n) is 6.94. The highest BCUT2D eigenvalue weighted by Crippen LogP contribution is 2.21. The van der Waals surface area contributed by atoms with Gasteiger partial charge in [-0.1, -0.05) is 57.9 Å². The highest BCUT2D eigenvalue weighted by molar-refractivity contribution is 9.10. The second kappa shape index (κ2) is 7.95. The highest BCUT2D eigenvalue weighted by Gasteiger charge is 2.13. The number of hydrogen-bond donors (Lipinski definition) is 1. The Morgan fingerprint density at radius 1 is 1.14 bits per heavy atom. The summed E-state index contributed by atoms with van der Waals surface area (Å²) >= 11 is 9.70. The van der Waals surface area contributed by atoms with Crippen molar-refractivity contribution >= 4 is 27.5 Å². The van der Waals surface area contributed by atoms with Crippen LogP contribution in [0, 0.1) is 0 Å². The Bertz CT molecular complexity index is 572. The zero-order valence-electron chi connectivity index (χ0n) is 12.3. The predicted molar refractivity (Wildman–Crippen MR) is 93.7 cm³/mol. The molecule has 0 aliphatic rings. The van der Waals surface area contributed by atoms with Crippen molar-refractivity contribution in [3.8, 4) is 0 Å². The van der Waals surface area contributed by atoms with Crippen molar-refractivity contribution in [2.45, 2.75) is 12.6 Å². The second-order valence-electron chi connectivity index (χ2n) is 5.26. The molecule has 4 heteroatoms. The molecular formula is C17H20BrClN2. The van der Waals surface area contributed by atoms with Gasteiger partial charge < -0.3 is 10.2 Å². The van der Waals surface area contributed by atoms with Crippen LogP contribution in [0.25, 0.3) is 0 Å². The summed E-state index contributed by atoms with van der Waals surface area (Å²) in [5.74, 6) is 0. The average molecular weight is 368 g/mol. The maximum atomic E-state index is 6.22. The molecule has 0 amide bonds. The number of benzene rings is 2. The summed E-state index contributed by atoms with van der Waals surface area (Å²) in [5.41, 5.74) is 2.42. The molecule has 0 aromatic heterocycles. The van der Waals surface area contributed by atoms with Gasteiger partial charge in [0.15, 0.2) is 0 Å². The van der Waals surface area contributed by atoms with Crippen molar-refractivity contribution in [3.05, 3.63) is 69.2 Å². The predicted octanol–water partition coefficient (Wildman–Crippen LogP) is 4.50. The molecule has 1 unspecified atom stereocenters. The topological polar surface area (TPSA) is 15.3 Å². The van der Waals surface area contributed by atoms with Gasteiger partial charge in [0.05, 0.1) is 0 Å². The lowest BCUT2D eigenvalue weighted by molar-refractivity contribution is 0.288. The molecule has 1 N–H and O–H groups in total. The van der Waals surface area contributed by atoms with Gasteiger partial charge in [-0.25, -0.2) is 0 Å². The molecule has 0 spiro atoms. The van der Waals surface area contributed by atoms with Crippen LogP contribution < -0.4 is 5.32 Å². The number of halogens is 2. The van der Waals surface area contributed by atoms with Crippen molar-refractivity contribution in [2.24, 2.45) is 0 Å². The zero-order valence-corrected chi connectivity index (χ0v) is 14.7. The van der Waals surface area contributed by atoms with E-state index in [4.69, 9.17) is 11.6 Å². The Morgan fingerprint density at radius 2 is 1.86 bits per heavy atom. The van der Waals surface area contributed by atoms with Crippen LogP contribution in [0.3, 0.4) is 0 Å². The third-order valence-corrected chi connectivity index (χ3v) is 4.33. The third-order valence-electron chi connectivity index (χ3n) is 3.47. The number of rotatable bonds is 6. The average Bonchev–Trinajstić information content (AvgIpc) is 2.47. The molecular weight excluding hydrogens is 348 g/mol. The van der Waals surface area contributed by atoms with Gasteiger partial charge in [-0.05, 0) is 43.4 Å². The van der Waals surface area contributed by atoms with Crippen molar-refractivity contribution < 1.29 is 0 Å². The van der Waals surface area contributed by atoms with E-state index in [-0.39, 0.29) is 0 Å². The zero-order chi connectivity index (χ0) is 15.2. The molecule has 0 saturated heterocycles. The van der Waals surface area contributed by atoms with Gasteiger partial charge in [-0.15, -0.1) is 0 Å². The van der Waals surface area contributed by atoms with Crippen LogP contribution in [0.2, 0.25) is 5.02 Å². The lowest BCUT2D eigenvalue weighted by atomic mass is 10.1. The first-order chi connectivity index (χ1) is 10.1. The first kappa shape index (κ1) is 16.5. The fourth-order valence-corrected chi connectivity index (χ4v) is 2.89. The molecule has 21 heavy (non-hydrogen) atoms. The smallest absolute Gasteiger partial charge is 0.0466 e. The van der Waals surface area contributed by atoms with E-state index >= 15 is 0 Å². The SMILES string of the molecule is CN(C)C(CNCc1cc(Br)ccc1Cl)c1ccccc1. The Hall–Kier alpha value is -0.870. The molecule has 0 radical (unpaired) electrons. The molecule has 2 aromatic carbocycles. The summed E-state index contributed by atoms with van der Waals surface area (Å²) < 4.78 is 1.05. The van der Waals surface area contributed by atoms with Gasteiger partial charge in [0.2, 0.25) is 0 Å². The van der Waals surface area contributed by atoms with Crippen LogP contribution in [0.15, 0.2) is 53.0 Å². The van der Waals surface area contributed by atoms with Gasteiger partial charge in [0.1, 0.15) is 0 Å². The van der Waals surface area contributed by atoms with E-state index in [2.05, 4.69) is 70.6 Å². The molecule has 0 fully saturated rings. The lowest BCUT2D eigenvalue weighted by Crippen LogP contribution is -2.30.